The normalized spacial score (nSPS) is 11.2. The van der Waals surface area contributed by atoms with Gasteiger partial charge in [-0.05, 0) is 29.8 Å². The van der Waals surface area contributed by atoms with Gasteiger partial charge in [0, 0.05) is 40.2 Å². The van der Waals surface area contributed by atoms with Crippen molar-refractivity contribution < 1.29 is 9.47 Å². The topological polar surface area (TPSA) is 36.3 Å². The SMILES string of the molecule is COc1cc2ncc3ccn(Cc4ccc(Br)cc4)c3c2cc1OC. The summed E-state index contributed by atoms with van der Waals surface area (Å²) in [6, 6.07) is 14.4. The second kappa shape index (κ2) is 6.41. The summed E-state index contributed by atoms with van der Waals surface area (Å²) in [5, 5.41) is 2.16. The van der Waals surface area contributed by atoms with Gasteiger partial charge in [-0.1, -0.05) is 28.1 Å². The average molecular weight is 397 g/mol. The molecule has 0 saturated heterocycles. The molecule has 0 radical (unpaired) electrons. The van der Waals surface area contributed by atoms with Crippen molar-refractivity contribution in [1.29, 1.82) is 0 Å². The predicted molar refractivity (Wildman–Crippen MR) is 104 cm³/mol. The van der Waals surface area contributed by atoms with E-state index in [2.05, 4.69) is 62.0 Å². The van der Waals surface area contributed by atoms with Crippen LogP contribution in [0.5, 0.6) is 11.5 Å². The predicted octanol–water partition coefficient (Wildman–Crippen LogP) is 5.02. The van der Waals surface area contributed by atoms with Gasteiger partial charge in [-0.15, -0.1) is 0 Å². The first kappa shape index (κ1) is 16.0. The Kier molecular flexibility index (Phi) is 4.09. The van der Waals surface area contributed by atoms with Crippen molar-refractivity contribution in [2.24, 2.45) is 0 Å². The Morgan fingerprint density at radius 3 is 2.44 bits per heavy atom. The zero-order valence-electron chi connectivity index (χ0n) is 14.0. The number of pyridine rings is 1. The summed E-state index contributed by atoms with van der Waals surface area (Å²) in [7, 11) is 3.29. The molecule has 0 saturated carbocycles. The Labute approximate surface area is 154 Å². The van der Waals surface area contributed by atoms with Crippen LogP contribution in [0.4, 0.5) is 0 Å². The summed E-state index contributed by atoms with van der Waals surface area (Å²) in [6.45, 7) is 0.796. The molecule has 0 aliphatic carbocycles. The standard InChI is InChI=1S/C20H17BrN2O2/c1-24-18-9-16-17(10-19(18)25-2)22-11-14-7-8-23(20(14)16)12-13-3-5-15(21)6-4-13/h3-11H,12H2,1-2H3. The van der Waals surface area contributed by atoms with Crippen LogP contribution in [0, 0.1) is 0 Å². The number of halogens is 1. The summed E-state index contributed by atoms with van der Waals surface area (Å²) in [6.07, 6.45) is 4.01. The summed E-state index contributed by atoms with van der Waals surface area (Å²) in [5.74, 6) is 1.40. The van der Waals surface area contributed by atoms with Gasteiger partial charge in [-0.2, -0.15) is 0 Å². The number of benzene rings is 2. The molecule has 126 valence electrons. The van der Waals surface area contributed by atoms with Gasteiger partial charge in [-0.25, -0.2) is 0 Å². The molecule has 0 bridgehead atoms. The van der Waals surface area contributed by atoms with E-state index in [0.29, 0.717) is 11.5 Å². The van der Waals surface area contributed by atoms with Crippen LogP contribution < -0.4 is 9.47 Å². The maximum absolute atomic E-state index is 5.47. The van der Waals surface area contributed by atoms with Gasteiger partial charge in [0.25, 0.3) is 0 Å². The van der Waals surface area contributed by atoms with Crippen LogP contribution in [0.2, 0.25) is 0 Å². The summed E-state index contributed by atoms with van der Waals surface area (Å²) in [4.78, 5) is 4.57. The zero-order chi connectivity index (χ0) is 17.4. The third kappa shape index (κ3) is 2.85. The molecule has 0 fully saturated rings. The molecule has 2 heterocycles. The number of aromatic nitrogens is 2. The average Bonchev–Trinajstić information content (AvgIpc) is 3.05. The number of nitrogens with zero attached hydrogens (tertiary/aromatic N) is 2. The van der Waals surface area contributed by atoms with Crippen molar-refractivity contribution in [3.8, 4) is 11.5 Å². The third-order valence-corrected chi connectivity index (χ3v) is 4.89. The highest BCUT2D eigenvalue weighted by Gasteiger charge is 2.12. The Morgan fingerprint density at radius 1 is 1.00 bits per heavy atom. The smallest absolute Gasteiger partial charge is 0.162 e. The molecule has 5 heteroatoms. The second-order valence-electron chi connectivity index (χ2n) is 5.86. The molecule has 25 heavy (non-hydrogen) atoms. The second-order valence-corrected chi connectivity index (χ2v) is 6.77. The highest BCUT2D eigenvalue weighted by atomic mass is 79.9. The highest BCUT2D eigenvalue weighted by Crippen LogP contribution is 2.35. The van der Waals surface area contributed by atoms with Gasteiger partial charge in [0.1, 0.15) is 0 Å². The number of ether oxygens (including phenoxy) is 2. The number of hydrogen-bond acceptors (Lipinski definition) is 3. The van der Waals surface area contributed by atoms with E-state index in [1.165, 1.54) is 5.56 Å². The number of rotatable bonds is 4. The van der Waals surface area contributed by atoms with Gasteiger partial charge in [0.2, 0.25) is 0 Å². The van der Waals surface area contributed by atoms with Crippen molar-refractivity contribution in [2.75, 3.05) is 14.2 Å². The fourth-order valence-corrected chi connectivity index (χ4v) is 3.39. The monoisotopic (exact) mass is 396 g/mol. The van der Waals surface area contributed by atoms with E-state index >= 15 is 0 Å². The fraction of sp³-hybridized carbons (Fsp3) is 0.150. The van der Waals surface area contributed by atoms with E-state index in [1.807, 2.05) is 18.3 Å². The summed E-state index contributed by atoms with van der Waals surface area (Å²) in [5.41, 5.74) is 3.28. The van der Waals surface area contributed by atoms with Gasteiger partial charge >= 0.3 is 0 Å². The van der Waals surface area contributed by atoms with Crippen LogP contribution in [0.15, 0.2) is 59.3 Å². The molecule has 0 atom stereocenters. The molecule has 0 aliphatic heterocycles. The molecule has 0 amide bonds. The lowest BCUT2D eigenvalue weighted by molar-refractivity contribution is 0.356. The van der Waals surface area contributed by atoms with Crippen molar-refractivity contribution >= 4 is 37.7 Å². The van der Waals surface area contributed by atoms with Crippen LogP contribution in [0.3, 0.4) is 0 Å². The molecule has 2 aromatic carbocycles. The first-order chi connectivity index (χ1) is 12.2. The molecule has 0 spiro atoms. The van der Waals surface area contributed by atoms with Gasteiger partial charge in [0.15, 0.2) is 11.5 Å². The maximum atomic E-state index is 5.47. The Balaban J connectivity index is 1.90. The molecular weight excluding hydrogens is 380 g/mol. The Hall–Kier alpha value is -2.53. The molecule has 0 N–H and O–H groups in total. The van der Waals surface area contributed by atoms with Crippen LogP contribution in [0.1, 0.15) is 5.56 Å². The van der Waals surface area contributed by atoms with E-state index < -0.39 is 0 Å². The van der Waals surface area contributed by atoms with E-state index in [9.17, 15) is 0 Å². The number of hydrogen-bond donors (Lipinski definition) is 0. The first-order valence-electron chi connectivity index (χ1n) is 7.93. The third-order valence-electron chi connectivity index (χ3n) is 4.36. The van der Waals surface area contributed by atoms with Crippen molar-refractivity contribution in [3.05, 3.63) is 64.9 Å². The lowest BCUT2D eigenvalue weighted by Gasteiger charge is -2.12. The lowest BCUT2D eigenvalue weighted by atomic mass is 10.1. The van der Waals surface area contributed by atoms with E-state index in [0.717, 1.165) is 32.8 Å². The first-order valence-corrected chi connectivity index (χ1v) is 8.73. The number of fused-ring (bicyclic) bond motifs is 3. The van der Waals surface area contributed by atoms with Crippen LogP contribution >= 0.6 is 15.9 Å². The van der Waals surface area contributed by atoms with Crippen LogP contribution in [0.25, 0.3) is 21.8 Å². The summed E-state index contributed by atoms with van der Waals surface area (Å²) < 4.78 is 14.2. The molecule has 0 unspecified atom stereocenters. The van der Waals surface area contributed by atoms with E-state index in [-0.39, 0.29) is 0 Å². The zero-order valence-corrected chi connectivity index (χ0v) is 15.6. The Bertz CT molecular complexity index is 1050. The van der Waals surface area contributed by atoms with Crippen LogP contribution in [-0.2, 0) is 6.54 Å². The summed E-state index contributed by atoms with van der Waals surface area (Å²) >= 11 is 3.48. The minimum absolute atomic E-state index is 0.688. The lowest BCUT2D eigenvalue weighted by Crippen LogP contribution is -1.99. The molecule has 4 nitrogen and oxygen atoms in total. The van der Waals surface area contributed by atoms with Gasteiger partial charge in [0.05, 0.1) is 25.3 Å². The maximum Gasteiger partial charge on any atom is 0.162 e. The highest BCUT2D eigenvalue weighted by molar-refractivity contribution is 9.10. The van der Waals surface area contributed by atoms with Gasteiger partial charge < -0.3 is 14.0 Å². The molecule has 2 aromatic heterocycles. The Morgan fingerprint density at radius 2 is 1.72 bits per heavy atom. The molecule has 4 rings (SSSR count). The van der Waals surface area contributed by atoms with Crippen molar-refractivity contribution in [3.63, 3.8) is 0 Å². The minimum atomic E-state index is 0.688. The number of methoxy groups -OCH3 is 2. The van der Waals surface area contributed by atoms with Gasteiger partial charge in [-0.3, -0.25) is 4.98 Å². The minimum Gasteiger partial charge on any atom is -0.493 e. The molecule has 4 aromatic rings. The molecular formula is C20H17BrN2O2. The largest absolute Gasteiger partial charge is 0.493 e. The van der Waals surface area contributed by atoms with E-state index in [4.69, 9.17) is 9.47 Å². The van der Waals surface area contributed by atoms with Crippen molar-refractivity contribution in [1.82, 2.24) is 9.55 Å². The van der Waals surface area contributed by atoms with Crippen LogP contribution in [-0.4, -0.2) is 23.8 Å². The molecule has 0 aliphatic rings. The quantitative estimate of drug-likeness (QED) is 0.485. The van der Waals surface area contributed by atoms with E-state index in [1.54, 1.807) is 14.2 Å². The fourth-order valence-electron chi connectivity index (χ4n) is 3.13. The van der Waals surface area contributed by atoms with Crippen molar-refractivity contribution in [2.45, 2.75) is 6.54 Å².